The van der Waals surface area contributed by atoms with Crippen molar-refractivity contribution in [3.8, 4) is 0 Å². The number of hydrogen-bond acceptors (Lipinski definition) is 5. The summed E-state index contributed by atoms with van der Waals surface area (Å²) in [5.41, 5.74) is 3.18. The maximum absolute atomic E-state index is 13.0. The second kappa shape index (κ2) is 7.99. The van der Waals surface area contributed by atoms with E-state index in [0.29, 0.717) is 11.4 Å². The highest BCUT2D eigenvalue weighted by Gasteiger charge is 2.59. The van der Waals surface area contributed by atoms with E-state index in [2.05, 4.69) is 5.32 Å². The molecule has 3 aliphatic rings. The molecule has 1 saturated heterocycles. The Balaban J connectivity index is 1.25. The molecule has 4 atom stereocenters. The molecule has 2 fully saturated rings. The van der Waals surface area contributed by atoms with Crippen LogP contribution >= 0.6 is 0 Å². The van der Waals surface area contributed by atoms with E-state index in [0.717, 1.165) is 17.5 Å². The third-order valence-electron chi connectivity index (χ3n) is 6.80. The van der Waals surface area contributed by atoms with Gasteiger partial charge in [-0.3, -0.25) is 14.4 Å². The number of aryl methyl sites for hydroxylation is 2. The van der Waals surface area contributed by atoms with Crippen molar-refractivity contribution in [2.75, 3.05) is 16.8 Å². The lowest BCUT2D eigenvalue weighted by molar-refractivity contribution is -0.123. The van der Waals surface area contributed by atoms with Crippen LogP contribution in [0.25, 0.3) is 0 Å². The minimum Gasteiger partial charge on any atom is -0.452 e. The van der Waals surface area contributed by atoms with Crippen LogP contribution < -0.4 is 10.2 Å². The van der Waals surface area contributed by atoms with Gasteiger partial charge in [-0.25, -0.2) is 9.69 Å². The van der Waals surface area contributed by atoms with Crippen molar-refractivity contribution in [2.45, 2.75) is 20.3 Å². The Morgan fingerprint density at radius 3 is 2.36 bits per heavy atom. The van der Waals surface area contributed by atoms with Crippen molar-refractivity contribution in [3.63, 3.8) is 0 Å². The highest BCUT2D eigenvalue weighted by atomic mass is 16.5. The second-order valence-corrected chi connectivity index (χ2v) is 9.00. The van der Waals surface area contributed by atoms with Crippen LogP contribution in [-0.4, -0.2) is 30.3 Å². The summed E-state index contributed by atoms with van der Waals surface area (Å²) in [4.78, 5) is 52.0. The molecule has 1 saturated carbocycles. The third kappa shape index (κ3) is 3.63. The molecule has 1 heterocycles. The Kier molecular flexibility index (Phi) is 5.12. The van der Waals surface area contributed by atoms with Crippen molar-refractivity contribution < 1.29 is 23.9 Å². The van der Waals surface area contributed by atoms with Gasteiger partial charge in [0.1, 0.15) is 0 Å². The van der Waals surface area contributed by atoms with Gasteiger partial charge in [-0.05, 0) is 61.9 Å². The number of imide groups is 1. The van der Waals surface area contributed by atoms with E-state index in [1.165, 1.54) is 17.0 Å². The standard InChI is InChI=1S/C26H24N2O5/c1-14-6-9-20(15(2)10-14)27-21(29)13-33-26(32)18-4-3-5-19(12-18)28-24(30)22-16-7-8-17(11-16)23(22)25(28)31/h3-10,12,16-17,22-23H,11,13H2,1-2H3,(H,27,29)/t16-,17-,22+,23+/m0/s1. The minimum atomic E-state index is -0.700. The monoisotopic (exact) mass is 444 g/mol. The molecule has 1 aliphatic heterocycles. The van der Waals surface area contributed by atoms with Crippen molar-refractivity contribution in [3.05, 3.63) is 71.3 Å². The fourth-order valence-corrected chi connectivity index (χ4v) is 5.28. The van der Waals surface area contributed by atoms with Crippen LogP contribution in [0.2, 0.25) is 0 Å². The lowest BCUT2D eigenvalue weighted by Crippen LogP contribution is -2.33. The van der Waals surface area contributed by atoms with E-state index in [9.17, 15) is 19.2 Å². The number of allylic oxidation sites excluding steroid dienone is 2. The van der Waals surface area contributed by atoms with E-state index >= 15 is 0 Å². The lowest BCUT2D eigenvalue weighted by Gasteiger charge is -2.18. The van der Waals surface area contributed by atoms with Crippen LogP contribution in [0.15, 0.2) is 54.6 Å². The number of carbonyl (C=O) groups is 4. The molecule has 2 bridgehead atoms. The fraction of sp³-hybridized carbons (Fsp3) is 0.308. The van der Waals surface area contributed by atoms with Crippen molar-refractivity contribution in [1.29, 1.82) is 0 Å². The first-order valence-electron chi connectivity index (χ1n) is 11.0. The summed E-state index contributed by atoms with van der Waals surface area (Å²) in [6.07, 6.45) is 4.94. The van der Waals surface area contributed by atoms with Gasteiger partial charge in [0.15, 0.2) is 6.61 Å². The first-order chi connectivity index (χ1) is 15.8. The Bertz CT molecular complexity index is 1190. The first kappa shape index (κ1) is 21.1. The normalized spacial score (nSPS) is 24.8. The molecule has 0 unspecified atom stereocenters. The molecule has 2 aromatic carbocycles. The van der Waals surface area contributed by atoms with E-state index in [1.54, 1.807) is 18.2 Å². The van der Waals surface area contributed by atoms with Crippen LogP contribution in [-0.2, 0) is 19.1 Å². The predicted octanol–water partition coefficient (Wildman–Crippen LogP) is 3.41. The maximum atomic E-state index is 13.0. The van der Waals surface area contributed by atoms with E-state index < -0.39 is 18.5 Å². The molecule has 2 aliphatic carbocycles. The Hall–Kier alpha value is -3.74. The summed E-state index contributed by atoms with van der Waals surface area (Å²) in [5, 5.41) is 2.73. The van der Waals surface area contributed by atoms with E-state index in [4.69, 9.17) is 4.74 Å². The number of carbonyl (C=O) groups excluding carboxylic acids is 4. The molecule has 2 aromatic rings. The number of fused-ring (bicyclic) bond motifs is 5. The highest BCUT2D eigenvalue weighted by Crippen LogP contribution is 2.53. The quantitative estimate of drug-likeness (QED) is 0.433. The average molecular weight is 444 g/mol. The summed E-state index contributed by atoms with van der Waals surface area (Å²) in [7, 11) is 0. The van der Waals surface area contributed by atoms with E-state index in [1.807, 2.05) is 38.1 Å². The van der Waals surface area contributed by atoms with Crippen molar-refractivity contribution in [1.82, 2.24) is 0 Å². The number of nitrogens with zero attached hydrogens (tertiary/aromatic N) is 1. The number of anilines is 2. The smallest absolute Gasteiger partial charge is 0.338 e. The van der Waals surface area contributed by atoms with Crippen LogP contribution in [0.5, 0.6) is 0 Å². The SMILES string of the molecule is Cc1ccc(NC(=O)COC(=O)c2cccc(N3C(=O)[C@H]4[C@H](C3=O)[C@H]3C=C[C@H]4C3)c2)c(C)c1. The van der Waals surface area contributed by atoms with Gasteiger partial charge in [-0.1, -0.05) is 35.9 Å². The van der Waals surface area contributed by atoms with Gasteiger partial charge >= 0.3 is 5.97 Å². The molecule has 7 heteroatoms. The fourth-order valence-electron chi connectivity index (χ4n) is 5.28. The third-order valence-corrected chi connectivity index (χ3v) is 6.80. The maximum Gasteiger partial charge on any atom is 0.338 e. The Labute approximate surface area is 191 Å². The predicted molar refractivity (Wildman–Crippen MR) is 121 cm³/mol. The summed E-state index contributed by atoms with van der Waals surface area (Å²) < 4.78 is 5.17. The molecule has 0 spiro atoms. The molecule has 5 rings (SSSR count). The van der Waals surface area contributed by atoms with Gasteiger partial charge in [-0.2, -0.15) is 0 Å². The zero-order valence-corrected chi connectivity index (χ0v) is 18.4. The summed E-state index contributed by atoms with van der Waals surface area (Å²) in [6.45, 7) is 3.40. The first-order valence-corrected chi connectivity index (χ1v) is 11.0. The lowest BCUT2D eigenvalue weighted by atomic mass is 9.85. The summed E-state index contributed by atoms with van der Waals surface area (Å²) >= 11 is 0. The molecule has 3 amide bonds. The zero-order valence-electron chi connectivity index (χ0n) is 18.4. The van der Waals surface area contributed by atoms with Crippen LogP contribution in [0.4, 0.5) is 11.4 Å². The molecular weight excluding hydrogens is 420 g/mol. The van der Waals surface area contributed by atoms with Crippen molar-refractivity contribution in [2.24, 2.45) is 23.7 Å². The number of rotatable bonds is 5. The van der Waals surface area contributed by atoms with Gasteiger partial charge in [0.2, 0.25) is 11.8 Å². The molecule has 1 N–H and O–H groups in total. The zero-order chi connectivity index (χ0) is 23.3. The minimum absolute atomic E-state index is 0.116. The second-order valence-electron chi connectivity index (χ2n) is 9.00. The van der Waals surface area contributed by atoms with Crippen LogP contribution in [0.1, 0.15) is 27.9 Å². The number of hydrogen-bond donors (Lipinski definition) is 1. The number of esters is 1. The van der Waals surface area contributed by atoms with Crippen molar-refractivity contribution >= 4 is 35.1 Å². The summed E-state index contributed by atoms with van der Waals surface area (Å²) in [5.74, 6) is -1.95. The van der Waals surface area contributed by atoms with Gasteiger partial charge < -0.3 is 10.1 Å². The number of nitrogens with one attached hydrogen (secondary N) is 1. The molecule has 33 heavy (non-hydrogen) atoms. The Morgan fingerprint density at radius 2 is 1.70 bits per heavy atom. The molecular formula is C26H24N2O5. The van der Waals surface area contributed by atoms with Gasteiger partial charge in [0.05, 0.1) is 23.1 Å². The number of benzene rings is 2. The van der Waals surface area contributed by atoms with Gasteiger partial charge in [0.25, 0.3) is 5.91 Å². The largest absolute Gasteiger partial charge is 0.452 e. The molecule has 0 radical (unpaired) electrons. The number of amides is 3. The average Bonchev–Trinajstić information content (AvgIpc) is 3.48. The summed E-state index contributed by atoms with van der Waals surface area (Å²) in [6, 6.07) is 11.9. The van der Waals surface area contributed by atoms with Crippen LogP contribution in [0.3, 0.4) is 0 Å². The molecule has 168 valence electrons. The topological polar surface area (TPSA) is 92.8 Å². The molecule has 7 nitrogen and oxygen atoms in total. The highest BCUT2D eigenvalue weighted by molar-refractivity contribution is 6.23. The molecule has 0 aromatic heterocycles. The Morgan fingerprint density at radius 1 is 1.00 bits per heavy atom. The van der Waals surface area contributed by atoms with E-state index in [-0.39, 0.29) is 41.0 Å². The number of ether oxygens (including phenoxy) is 1. The van der Waals surface area contributed by atoms with Gasteiger partial charge in [0, 0.05) is 5.69 Å². The van der Waals surface area contributed by atoms with Crippen LogP contribution in [0, 0.1) is 37.5 Å². The van der Waals surface area contributed by atoms with Gasteiger partial charge in [-0.15, -0.1) is 0 Å².